The fraction of sp³-hybridized carbons (Fsp3) is 0.417. The van der Waals surface area contributed by atoms with Gasteiger partial charge in [-0.2, -0.15) is 0 Å². The molecule has 20 heavy (non-hydrogen) atoms. The molecule has 0 aliphatic carbocycles. The number of aryl methyl sites for hydroxylation is 1. The van der Waals surface area contributed by atoms with Crippen LogP contribution in [0.2, 0.25) is 0 Å². The van der Waals surface area contributed by atoms with E-state index in [0.29, 0.717) is 5.52 Å². The Morgan fingerprint density at radius 3 is 2.85 bits per heavy atom. The summed E-state index contributed by atoms with van der Waals surface area (Å²) in [6.07, 6.45) is 0. The van der Waals surface area contributed by atoms with E-state index in [2.05, 4.69) is 10.3 Å². The molecule has 0 amide bonds. The molecule has 7 nitrogen and oxygen atoms in total. The Morgan fingerprint density at radius 1 is 1.55 bits per heavy atom. The molecule has 1 aromatic heterocycles. The zero-order valence-electron chi connectivity index (χ0n) is 11.1. The zero-order chi connectivity index (χ0) is 14.9. The predicted octanol–water partition coefficient (Wildman–Crippen LogP) is 1.67. The van der Waals surface area contributed by atoms with Crippen molar-refractivity contribution in [1.29, 1.82) is 0 Å². The van der Waals surface area contributed by atoms with Crippen molar-refractivity contribution in [3.8, 4) is 0 Å². The largest absolute Gasteiger partial charge is 0.393 e. The standard InChI is InChI=1S/C12H15N3O4S/c1-7-14-9-3-8(13-5-12(2,17)6-16)10(15(18)19)4-11(9)20-7/h3-4,13,16-17H,5-6H2,1-2H3. The van der Waals surface area contributed by atoms with Gasteiger partial charge in [0.2, 0.25) is 0 Å². The Morgan fingerprint density at radius 2 is 2.25 bits per heavy atom. The molecule has 0 aliphatic rings. The highest BCUT2D eigenvalue weighted by molar-refractivity contribution is 7.18. The van der Waals surface area contributed by atoms with Gasteiger partial charge in [0.05, 0.1) is 26.8 Å². The van der Waals surface area contributed by atoms with E-state index in [0.717, 1.165) is 9.71 Å². The summed E-state index contributed by atoms with van der Waals surface area (Å²) in [4.78, 5) is 14.9. The number of rotatable bonds is 5. The molecular formula is C12H15N3O4S. The lowest BCUT2D eigenvalue weighted by Gasteiger charge is -2.21. The summed E-state index contributed by atoms with van der Waals surface area (Å²) < 4.78 is 0.744. The molecule has 3 N–H and O–H groups in total. The van der Waals surface area contributed by atoms with Gasteiger partial charge in [-0.3, -0.25) is 10.1 Å². The minimum Gasteiger partial charge on any atom is -0.393 e. The van der Waals surface area contributed by atoms with Crippen LogP contribution in [-0.4, -0.2) is 38.9 Å². The minimum absolute atomic E-state index is 0.00103. The Hall–Kier alpha value is -1.77. The normalized spacial score (nSPS) is 14.2. The lowest BCUT2D eigenvalue weighted by molar-refractivity contribution is -0.383. The number of anilines is 1. The summed E-state index contributed by atoms with van der Waals surface area (Å²) in [5.41, 5.74) is -0.471. The number of aliphatic hydroxyl groups is 2. The van der Waals surface area contributed by atoms with E-state index in [1.165, 1.54) is 24.3 Å². The monoisotopic (exact) mass is 297 g/mol. The van der Waals surface area contributed by atoms with Crippen LogP contribution < -0.4 is 5.32 Å². The predicted molar refractivity (Wildman–Crippen MR) is 77.2 cm³/mol. The van der Waals surface area contributed by atoms with E-state index in [4.69, 9.17) is 5.11 Å². The number of fused-ring (bicyclic) bond motifs is 1. The van der Waals surface area contributed by atoms with Gasteiger partial charge in [0.15, 0.2) is 0 Å². The lowest BCUT2D eigenvalue weighted by atomic mass is 10.1. The van der Waals surface area contributed by atoms with Crippen molar-refractivity contribution < 1.29 is 15.1 Å². The molecule has 0 bridgehead atoms. The molecule has 0 spiro atoms. The Bertz CT molecular complexity index is 653. The topological polar surface area (TPSA) is 109 Å². The highest BCUT2D eigenvalue weighted by Gasteiger charge is 2.22. The van der Waals surface area contributed by atoms with Crippen LogP contribution >= 0.6 is 11.3 Å². The number of aromatic nitrogens is 1. The minimum atomic E-state index is -1.35. The number of hydrogen-bond acceptors (Lipinski definition) is 7. The molecule has 2 aromatic rings. The van der Waals surface area contributed by atoms with E-state index in [1.807, 2.05) is 6.92 Å². The van der Waals surface area contributed by atoms with E-state index in [-0.39, 0.29) is 17.9 Å². The summed E-state index contributed by atoms with van der Waals surface area (Å²) in [7, 11) is 0. The molecular weight excluding hydrogens is 282 g/mol. The maximum Gasteiger partial charge on any atom is 0.293 e. The first-order valence-corrected chi connectivity index (χ1v) is 6.77. The number of nitro benzene ring substituents is 1. The quantitative estimate of drug-likeness (QED) is 0.572. The third-order valence-electron chi connectivity index (χ3n) is 2.81. The van der Waals surface area contributed by atoms with E-state index < -0.39 is 17.1 Å². The molecule has 0 saturated carbocycles. The smallest absolute Gasteiger partial charge is 0.293 e. The second-order valence-corrected chi connectivity index (χ2v) is 6.07. The van der Waals surface area contributed by atoms with Crippen LogP contribution in [0.25, 0.3) is 10.2 Å². The summed E-state index contributed by atoms with van der Waals surface area (Å²) in [5.74, 6) is 0. The van der Waals surface area contributed by atoms with Crippen LogP contribution in [-0.2, 0) is 0 Å². The Balaban J connectivity index is 2.39. The summed E-state index contributed by atoms with van der Waals surface area (Å²) in [5, 5.41) is 33.5. The number of nitro groups is 1. The highest BCUT2D eigenvalue weighted by Crippen LogP contribution is 2.33. The molecule has 1 heterocycles. The fourth-order valence-electron chi connectivity index (χ4n) is 1.71. The van der Waals surface area contributed by atoms with Gasteiger partial charge in [0.25, 0.3) is 5.69 Å². The summed E-state index contributed by atoms with van der Waals surface area (Å²) in [6.45, 7) is 2.84. The third kappa shape index (κ3) is 3.03. The SMILES string of the molecule is Cc1nc2cc(NCC(C)(O)CO)c([N+](=O)[O-])cc2s1. The van der Waals surface area contributed by atoms with Gasteiger partial charge in [0, 0.05) is 12.6 Å². The van der Waals surface area contributed by atoms with E-state index in [9.17, 15) is 15.2 Å². The van der Waals surface area contributed by atoms with Crippen molar-refractivity contribution in [1.82, 2.24) is 4.98 Å². The number of nitrogens with one attached hydrogen (secondary N) is 1. The van der Waals surface area contributed by atoms with Gasteiger partial charge in [-0.1, -0.05) is 0 Å². The van der Waals surface area contributed by atoms with Crippen LogP contribution in [0.1, 0.15) is 11.9 Å². The van der Waals surface area contributed by atoms with Crippen LogP contribution in [0.5, 0.6) is 0 Å². The number of nitrogens with zero attached hydrogens (tertiary/aromatic N) is 2. The molecule has 0 saturated heterocycles. The second kappa shape index (κ2) is 5.31. The van der Waals surface area contributed by atoms with Crippen molar-refractivity contribution in [2.75, 3.05) is 18.5 Å². The van der Waals surface area contributed by atoms with Crippen molar-refractivity contribution >= 4 is 32.9 Å². The molecule has 0 fully saturated rings. The number of hydrogen-bond donors (Lipinski definition) is 3. The molecule has 108 valence electrons. The van der Waals surface area contributed by atoms with Gasteiger partial charge in [-0.15, -0.1) is 11.3 Å². The van der Waals surface area contributed by atoms with Gasteiger partial charge >= 0.3 is 0 Å². The van der Waals surface area contributed by atoms with Crippen LogP contribution in [0.3, 0.4) is 0 Å². The van der Waals surface area contributed by atoms with Crippen LogP contribution in [0.4, 0.5) is 11.4 Å². The lowest BCUT2D eigenvalue weighted by Crippen LogP contribution is -2.37. The first kappa shape index (κ1) is 14.6. The average Bonchev–Trinajstić information content (AvgIpc) is 2.74. The van der Waals surface area contributed by atoms with Gasteiger partial charge in [0.1, 0.15) is 11.3 Å². The van der Waals surface area contributed by atoms with Crippen molar-refractivity contribution in [3.05, 3.63) is 27.3 Å². The highest BCUT2D eigenvalue weighted by atomic mass is 32.1. The fourth-order valence-corrected chi connectivity index (χ4v) is 2.55. The molecule has 1 atom stereocenters. The molecule has 2 rings (SSSR count). The van der Waals surface area contributed by atoms with E-state index in [1.54, 1.807) is 6.07 Å². The first-order valence-electron chi connectivity index (χ1n) is 5.95. The van der Waals surface area contributed by atoms with Gasteiger partial charge in [-0.05, 0) is 19.9 Å². The van der Waals surface area contributed by atoms with Crippen LogP contribution in [0.15, 0.2) is 12.1 Å². The van der Waals surface area contributed by atoms with Crippen molar-refractivity contribution in [3.63, 3.8) is 0 Å². The van der Waals surface area contributed by atoms with Crippen molar-refractivity contribution in [2.24, 2.45) is 0 Å². The maximum absolute atomic E-state index is 11.1. The Kier molecular flexibility index (Phi) is 3.89. The van der Waals surface area contributed by atoms with Crippen molar-refractivity contribution in [2.45, 2.75) is 19.4 Å². The molecule has 1 unspecified atom stereocenters. The van der Waals surface area contributed by atoms with Gasteiger partial charge < -0.3 is 15.5 Å². The maximum atomic E-state index is 11.1. The molecule has 1 aromatic carbocycles. The number of benzene rings is 1. The zero-order valence-corrected chi connectivity index (χ0v) is 11.9. The average molecular weight is 297 g/mol. The number of aliphatic hydroxyl groups excluding tert-OH is 1. The van der Waals surface area contributed by atoms with Crippen LogP contribution in [0, 0.1) is 17.0 Å². The second-order valence-electron chi connectivity index (χ2n) is 4.84. The third-order valence-corrected chi connectivity index (χ3v) is 3.74. The van der Waals surface area contributed by atoms with Gasteiger partial charge in [-0.25, -0.2) is 4.98 Å². The summed E-state index contributed by atoms with van der Waals surface area (Å²) >= 11 is 1.39. The summed E-state index contributed by atoms with van der Waals surface area (Å²) in [6, 6.07) is 3.06. The number of thiazole rings is 1. The molecule has 8 heteroatoms. The molecule has 0 radical (unpaired) electrons. The van der Waals surface area contributed by atoms with E-state index >= 15 is 0 Å². The Labute approximate surface area is 119 Å². The molecule has 0 aliphatic heterocycles. The first-order chi connectivity index (χ1) is 9.32.